The molecule has 0 heterocycles. The van der Waals surface area contributed by atoms with Crippen molar-refractivity contribution in [1.82, 2.24) is 4.90 Å². The van der Waals surface area contributed by atoms with E-state index in [0.717, 1.165) is 45.7 Å². The maximum Gasteiger partial charge on any atom is 0.0593 e. The van der Waals surface area contributed by atoms with Crippen molar-refractivity contribution in [2.75, 3.05) is 39.5 Å². The third-order valence-electron chi connectivity index (χ3n) is 1.86. The van der Waals surface area contributed by atoms with Crippen LogP contribution < -0.4 is 0 Å². The molecule has 0 fully saturated rings. The minimum atomic E-state index is 0.244. The van der Waals surface area contributed by atoms with Crippen LogP contribution in [0.4, 0.5) is 0 Å². The van der Waals surface area contributed by atoms with Gasteiger partial charge in [0.05, 0.1) is 13.2 Å². The van der Waals surface area contributed by atoms with Crippen molar-refractivity contribution in [2.24, 2.45) is 0 Å². The van der Waals surface area contributed by atoms with Gasteiger partial charge in [0.15, 0.2) is 0 Å². The fraction of sp³-hybridized carbons (Fsp3) is 1.00. The van der Waals surface area contributed by atoms with Gasteiger partial charge in [0.25, 0.3) is 0 Å². The van der Waals surface area contributed by atoms with Crippen molar-refractivity contribution in [1.29, 1.82) is 0 Å². The molecule has 0 amide bonds. The van der Waals surface area contributed by atoms with Crippen molar-refractivity contribution in [3.63, 3.8) is 0 Å². The van der Waals surface area contributed by atoms with Crippen molar-refractivity contribution >= 4 is 0 Å². The van der Waals surface area contributed by atoms with E-state index in [4.69, 9.17) is 9.84 Å². The van der Waals surface area contributed by atoms with Gasteiger partial charge in [-0.1, -0.05) is 13.8 Å². The predicted molar refractivity (Wildman–Crippen MR) is 54.9 cm³/mol. The second kappa shape index (κ2) is 9.96. The Morgan fingerprint density at radius 3 is 2.31 bits per heavy atom. The summed E-state index contributed by atoms with van der Waals surface area (Å²) in [6, 6.07) is 0. The maximum absolute atomic E-state index is 8.78. The molecule has 0 spiro atoms. The molecular weight excluding hydrogens is 166 g/mol. The highest BCUT2D eigenvalue weighted by Crippen LogP contribution is 1.91. The SMILES string of the molecule is CCCOCCN(CCC)CCO. The number of ether oxygens (including phenoxy) is 1. The molecule has 0 unspecified atom stereocenters. The summed E-state index contributed by atoms with van der Waals surface area (Å²) in [5.74, 6) is 0. The number of aliphatic hydroxyl groups excluding tert-OH is 1. The third kappa shape index (κ3) is 8.22. The van der Waals surface area contributed by atoms with E-state index >= 15 is 0 Å². The van der Waals surface area contributed by atoms with Gasteiger partial charge in [0.1, 0.15) is 0 Å². The number of aliphatic hydroxyl groups is 1. The van der Waals surface area contributed by atoms with Crippen molar-refractivity contribution in [3.05, 3.63) is 0 Å². The zero-order valence-electron chi connectivity index (χ0n) is 8.96. The van der Waals surface area contributed by atoms with Crippen LogP contribution in [0, 0.1) is 0 Å². The highest BCUT2D eigenvalue weighted by molar-refractivity contribution is 4.55. The Labute approximate surface area is 81.7 Å². The first-order valence-electron chi connectivity index (χ1n) is 5.26. The predicted octanol–water partition coefficient (Wildman–Crippen LogP) is 1.12. The molecule has 0 atom stereocenters. The van der Waals surface area contributed by atoms with Crippen LogP contribution in [0.15, 0.2) is 0 Å². The third-order valence-corrected chi connectivity index (χ3v) is 1.86. The van der Waals surface area contributed by atoms with Crippen LogP contribution in [-0.2, 0) is 4.74 Å². The highest BCUT2D eigenvalue weighted by Gasteiger charge is 2.01. The summed E-state index contributed by atoms with van der Waals surface area (Å²) in [6.07, 6.45) is 2.21. The first-order chi connectivity index (χ1) is 6.35. The Morgan fingerprint density at radius 2 is 1.77 bits per heavy atom. The number of hydrogen-bond acceptors (Lipinski definition) is 3. The van der Waals surface area contributed by atoms with E-state index in [2.05, 4.69) is 18.7 Å². The van der Waals surface area contributed by atoms with E-state index in [1.165, 1.54) is 0 Å². The molecule has 0 bridgehead atoms. The average Bonchev–Trinajstić information content (AvgIpc) is 2.13. The van der Waals surface area contributed by atoms with Crippen molar-refractivity contribution in [2.45, 2.75) is 26.7 Å². The quantitative estimate of drug-likeness (QED) is 0.552. The summed E-state index contributed by atoms with van der Waals surface area (Å²) in [4.78, 5) is 2.23. The number of rotatable bonds is 9. The molecule has 0 aromatic rings. The topological polar surface area (TPSA) is 32.7 Å². The van der Waals surface area contributed by atoms with Crippen LogP contribution in [0.3, 0.4) is 0 Å². The van der Waals surface area contributed by atoms with Gasteiger partial charge in [-0.15, -0.1) is 0 Å². The summed E-state index contributed by atoms with van der Waals surface area (Å²) in [6.45, 7) is 8.89. The lowest BCUT2D eigenvalue weighted by Gasteiger charge is -2.20. The molecule has 0 saturated carbocycles. The first kappa shape index (κ1) is 12.9. The molecule has 1 N–H and O–H groups in total. The van der Waals surface area contributed by atoms with Crippen LogP contribution in [-0.4, -0.2) is 49.5 Å². The lowest BCUT2D eigenvalue weighted by atomic mass is 10.4. The van der Waals surface area contributed by atoms with Gasteiger partial charge < -0.3 is 9.84 Å². The molecule has 0 radical (unpaired) electrons. The van der Waals surface area contributed by atoms with Gasteiger partial charge in [0, 0.05) is 19.7 Å². The second-order valence-corrected chi connectivity index (χ2v) is 3.18. The Morgan fingerprint density at radius 1 is 1.00 bits per heavy atom. The van der Waals surface area contributed by atoms with Crippen molar-refractivity contribution < 1.29 is 9.84 Å². The average molecular weight is 189 g/mol. The molecule has 0 aromatic heterocycles. The summed E-state index contributed by atoms with van der Waals surface area (Å²) >= 11 is 0. The monoisotopic (exact) mass is 189 g/mol. The Hall–Kier alpha value is -0.120. The van der Waals surface area contributed by atoms with E-state index in [-0.39, 0.29) is 6.61 Å². The fourth-order valence-electron chi connectivity index (χ4n) is 1.23. The standard InChI is InChI=1S/C10H23NO2/c1-3-5-11(6-8-12)7-10-13-9-4-2/h12H,3-10H2,1-2H3. The zero-order chi connectivity index (χ0) is 9.94. The van der Waals surface area contributed by atoms with E-state index in [0.29, 0.717) is 0 Å². The molecule has 0 saturated heterocycles. The highest BCUT2D eigenvalue weighted by atomic mass is 16.5. The molecular formula is C10H23NO2. The van der Waals surface area contributed by atoms with E-state index in [1.54, 1.807) is 0 Å². The zero-order valence-corrected chi connectivity index (χ0v) is 8.96. The lowest BCUT2D eigenvalue weighted by Crippen LogP contribution is -2.31. The Balaban J connectivity index is 3.33. The molecule has 0 aliphatic rings. The van der Waals surface area contributed by atoms with Crippen LogP contribution >= 0.6 is 0 Å². The maximum atomic E-state index is 8.78. The van der Waals surface area contributed by atoms with Crippen molar-refractivity contribution in [3.8, 4) is 0 Å². The normalized spacial score (nSPS) is 11.1. The molecule has 0 aliphatic carbocycles. The molecule has 0 rings (SSSR count). The largest absolute Gasteiger partial charge is 0.395 e. The van der Waals surface area contributed by atoms with Gasteiger partial charge in [-0.05, 0) is 19.4 Å². The number of nitrogens with zero attached hydrogens (tertiary/aromatic N) is 1. The van der Waals surface area contributed by atoms with Gasteiger partial charge in [-0.3, -0.25) is 4.90 Å². The second-order valence-electron chi connectivity index (χ2n) is 3.18. The van der Waals surface area contributed by atoms with Gasteiger partial charge >= 0.3 is 0 Å². The molecule has 3 nitrogen and oxygen atoms in total. The van der Waals surface area contributed by atoms with Gasteiger partial charge in [-0.2, -0.15) is 0 Å². The minimum absolute atomic E-state index is 0.244. The number of hydrogen-bond donors (Lipinski definition) is 1. The fourth-order valence-corrected chi connectivity index (χ4v) is 1.23. The summed E-state index contributed by atoms with van der Waals surface area (Å²) in [5.41, 5.74) is 0. The summed E-state index contributed by atoms with van der Waals surface area (Å²) in [7, 11) is 0. The minimum Gasteiger partial charge on any atom is -0.395 e. The Bertz CT molecular complexity index is 92.9. The van der Waals surface area contributed by atoms with Gasteiger partial charge in [0.2, 0.25) is 0 Å². The Kier molecular flexibility index (Phi) is 9.87. The smallest absolute Gasteiger partial charge is 0.0593 e. The summed E-state index contributed by atoms with van der Waals surface area (Å²) in [5, 5.41) is 8.78. The van der Waals surface area contributed by atoms with E-state index in [1.807, 2.05) is 0 Å². The first-order valence-corrected chi connectivity index (χ1v) is 5.26. The summed E-state index contributed by atoms with van der Waals surface area (Å²) < 4.78 is 5.38. The van der Waals surface area contributed by atoms with Crippen LogP contribution in [0.1, 0.15) is 26.7 Å². The molecule has 0 aromatic carbocycles. The van der Waals surface area contributed by atoms with Crippen LogP contribution in [0.2, 0.25) is 0 Å². The molecule has 0 aliphatic heterocycles. The van der Waals surface area contributed by atoms with Crippen LogP contribution in [0.5, 0.6) is 0 Å². The van der Waals surface area contributed by atoms with E-state index in [9.17, 15) is 0 Å². The lowest BCUT2D eigenvalue weighted by molar-refractivity contribution is 0.0960. The molecule has 13 heavy (non-hydrogen) atoms. The van der Waals surface area contributed by atoms with Crippen LogP contribution in [0.25, 0.3) is 0 Å². The van der Waals surface area contributed by atoms with Gasteiger partial charge in [-0.25, -0.2) is 0 Å². The van der Waals surface area contributed by atoms with E-state index < -0.39 is 0 Å². The molecule has 3 heteroatoms. The molecule has 80 valence electrons.